The summed E-state index contributed by atoms with van der Waals surface area (Å²) < 4.78 is 8.04. The van der Waals surface area contributed by atoms with Crippen LogP contribution in [0.1, 0.15) is 11.1 Å². The van der Waals surface area contributed by atoms with E-state index in [0.29, 0.717) is 28.4 Å². The zero-order valence-corrected chi connectivity index (χ0v) is 18.1. The van der Waals surface area contributed by atoms with Crippen LogP contribution in [0.3, 0.4) is 0 Å². The molecule has 146 valence electrons. The smallest absolute Gasteiger partial charge is 0.262 e. The van der Waals surface area contributed by atoms with E-state index in [1.54, 1.807) is 17.9 Å². The van der Waals surface area contributed by atoms with Gasteiger partial charge in [0, 0.05) is 28.2 Å². The molecule has 4 aromatic rings. The van der Waals surface area contributed by atoms with E-state index in [1.165, 1.54) is 11.8 Å². The van der Waals surface area contributed by atoms with Crippen LogP contribution in [0.25, 0.3) is 10.9 Å². The first-order chi connectivity index (χ1) is 14.2. The lowest BCUT2D eigenvalue weighted by molar-refractivity contribution is 0.407. The summed E-state index contributed by atoms with van der Waals surface area (Å²) in [6.45, 7) is 0.383. The van der Waals surface area contributed by atoms with Crippen LogP contribution >= 0.6 is 27.7 Å². The zero-order chi connectivity index (χ0) is 20.2. The maximum absolute atomic E-state index is 13.4. The van der Waals surface area contributed by atoms with Crippen LogP contribution in [0.4, 0.5) is 0 Å². The third kappa shape index (κ3) is 4.36. The molecule has 0 aliphatic carbocycles. The summed E-state index contributed by atoms with van der Waals surface area (Å²) in [6, 6.07) is 17.2. The number of halogens is 1. The third-order valence-electron chi connectivity index (χ3n) is 4.49. The molecule has 0 unspecified atom stereocenters. The van der Waals surface area contributed by atoms with Crippen LogP contribution in [0, 0.1) is 0 Å². The second-order valence-electron chi connectivity index (χ2n) is 6.41. The average molecular weight is 468 g/mol. The quantitative estimate of drug-likeness (QED) is 0.298. The van der Waals surface area contributed by atoms with Gasteiger partial charge >= 0.3 is 0 Å². The molecule has 2 aromatic carbocycles. The van der Waals surface area contributed by atoms with Crippen molar-refractivity contribution in [3.8, 4) is 5.75 Å². The second kappa shape index (κ2) is 8.80. The molecule has 0 amide bonds. The number of benzene rings is 2. The van der Waals surface area contributed by atoms with Crippen LogP contribution in [0.2, 0.25) is 0 Å². The van der Waals surface area contributed by atoms with E-state index in [9.17, 15) is 4.79 Å². The Hall–Kier alpha value is -2.64. The Balaban J connectivity index is 1.80. The number of ether oxygens (including phenoxy) is 1. The van der Waals surface area contributed by atoms with Crippen molar-refractivity contribution in [1.82, 2.24) is 14.5 Å². The summed E-state index contributed by atoms with van der Waals surface area (Å²) in [7, 11) is 1.63. The van der Waals surface area contributed by atoms with Gasteiger partial charge in [0.2, 0.25) is 0 Å². The highest BCUT2D eigenvalue weighted by atomic mass is 79.9. The predicted molar refractivity (Wildman–Crippen MR) is 120 cm³/mol. The molecule has 29 heavy (non-hydrogen) atoms. The first-order valence-corrected chi connectivity index (χ1v) is 10.8. The molecule has 0 N–H and O–H groups in total. The van der Waals surface area contributed by atoms with Crippen molar-refractivity contribution in [2.24, 2.45) is 0 Å². The molecule has 0 aliphatic rings. The van der Waals surface area contributed by atoms with Gasteiger partial charge in [-0.15, -0.1) is 0 Å². The summed E-state index contributed by atoms with van der Waals surface area (Å²) in [4.78, 5) is 22.3. The maximum atomic E-state index is 13.4. The van der Waals surface area contributed by atoms with Gasteiger partial charge in [0.25, 0.3) is 5.56 Å². The van der Waals surface area contributed by atoms with E-state index in [4.69, 9.17) is 9.72 Å². The Morgan fingerprint density at radius 2 is 2.00 bits per heavy atom. The highest BCUT2D eigenvalue weighted by Gasteiger charge is 2.14. The Morgan fingerprint density at radius 3 is 2.79 bits per heavy atom. The molecule has 0 spiro atoms. The lowest BCUT2D eigenvalue weighted by atomic mass is 10.2. The van der Waals surface area contributed by atoms with Gasteiger partial charge in [0.1, 0.15) is 5.75 Å². The van der Waals surface area contributed by atoms with Gasteiger partial charge in [-0.2, -0.15) is 0 Å². The number of aromatic nitrogens is 3. The second-order valence-corrected chi connectivity index (χ2v) is 8.27. The van der Waals surface area contributed by atoms with E-state index >= 15 is 0 Å². The minimum absolute atomic E-state index is 0.0732. The summed E-state index contributed by atoms with van der Waals surface area (Å²) in [5, 5.41) is 1.25. The number of methoxy groups -OCH3 is 1. The monoisotopic (exact) mass is 467 g/mol. The summed E-state index contributed by atoms with van der Waals surface area (Å²) in [6.07, 6.45) is 3.58. The van der Waals surface area contributed by atoms with Gasteiger partial charge in [-0.3, -0.25) is 14.3 Å². The Labute approximate surface area is 180 Å². The molecule has 0 saturated heterocycles. The molecule has 0 atom stereocenters. The fraction of sp³-hybridized carbons (Fsp3) is 0.136. The zero-order valence-electron chi connectivity index (χ0n) is 15.7. The maximum Gasteiger partial charge on any atom is 0.262 e. The highest BCUT2D eigenvalue weighted by molar-refractivity contribution is 9.10. The average Bonchev–Trinajstić information content (AvgIpc) is 2.76. The molecule has 5 nitrogen and oxygen atoms in total. The van der Waals surface area contributed by atoms with Gasteiger partial charge in [-0.1, -0.05) is 52.0 Å². The largest absolute Gasteiger partial charge is 0.496 e. The van der Waals surface area contributed by atoms with Gasteiger partial charge in [0.05, 0.1) is 24.6 Å². The topological polar surface area (TPSA) is 57.0 Å². The predicted octanol–water partition coefficient (Wildman–Crippen LogP) is 4.90. The molecule has 4 rings (SSSR count). The molecule has 0 fully saturated rings. The molecule has 2 aromatic heterocycles. The van der Waals surface area contributed by atoms with E-state index in [0.717, 1.165) is 21.3 Å². The number of para-hydroxylation sites is 1. The van der Waals surface area contributed by atoms with E-state index in [1.807, 2.05) is 60.8 Å². The number of nitrogens with zero attached hydrogens (tertiary/aromatic N) is 3. The van der Waals surface area contributed by atoms with Crippen molar-refractivity contribution in [2.75, 3.05) is 7.11 Å². The van der Waals surface area contributed by atoms with Crippen molar-refractivity contribution in [2.45, 2.75) is 17.5 Å². The van der Waals surface area contributed by atoms with E-state index < -0.39 is 0 Å². The number of fused-ring (bicyclic) bond motifs is 1. The summed E-state index contributed by atoms with van der Waals surface area (Å²) in [5.74, 6) is 1.42. The third-order valence-corrected chi connectivity index (χ3v) is 6.03. The molecule has 0 bridgehead atoms. The fourth-order valence-electron chi connectivity index (χ4n) is 3.06. The fourth-order valence-corrected chi connectivity index (χ4v) is 4.35. The normalized spacial score (nSPS) is 11.0. The van der Waals surface area contributed by atoms with Gasteiger partial charge in [-0.25, -0.2) is 4.98 Å². The number of pyridine rings is 1. The molecular weight excluding hydrogens is 450 g/mol. The number of hydrogen-bond donors (Lipinski definition) is 0. The minimum atomic E-state index is -0.0732. The Kier molecular flexibility index (Phi) is 5.97. The Bertz CT molecular complexity index is 1210. The molecule has 7 heteroatoms. The van der Waals surface area contributed by atoms with Crippen molar-refractivity contribution >= 4 is 38.6 Å². The Morgan fingerprint density at radius 1 is 1.14 bits per heavy atom. The summed E-state index contributed by atoms with van der Waals surface area (Å²) >= 11 is 4.98. The molecular formula is C22H18BrN3O2S. The van der Waals surface area contributed by atoms with Crippen LogP contribution < -0.4 is 10.3 Å². The van der Waals surface area contributed by atoms with Crippen molar-refractivity contribution in [1.29, 1.82) is 0 Å². The lowest BCUT2D eigenvalue weighted by Gasteiger charge is -2.15. The standard InChI is InChI=1S/C22H18BrN3O2S/c1-28-20-7-3-2-6-16(20)13-26-21(27)18-11-17(23)8-9-19(18)25-22(26)29-14-15-5-4-10-24-12-15/h2-12H,13-14H2,1H3. The number of thioether (sulfide) groups is 1. The molecule has 0 aliphatic heterocycles. The van der Waals surface area contributed by atoms with E-state index in [2.05, 4.69) is 20.9 Å². The van der Waals surface area contributed by atoms with Crippen molar-refractivity contribution < 1.29 is 4.74 Å². The van der Waals surface area contributed by atoms with Gasteiger partial charge in [0.15, 0.2) is 5.16 Å². The van der Waals surface area contributed by atoms with Crippen LogP contribution in [0.15, 0.2) is 81.4 Å². The van der Waals surface area contributed by atoms with Gasteiger partial charge in [-0.05, 0) is 35.9 Å². The first kappa shape index (κ1) is 19.7. The lowest BCUT2D eigenvalue weighted by Crippen LogP contribution is -2.24. The highest BCUT2D eigenvalue weighted by Crippen LogP contribution is 2.25. The SMILES string of the molecule is COc1ccccc1Cn1c(SCc2cccnc2)nc2ccc(Br)cc2c1=O. The van der Waals surface area contributed by atoms with E-state index in [-0.39, 0.29) is 5.56 Å². The van der Waals surface area contributed by atoms with Crippen LogP contribution in [-0.4, -0.2) is 21.6 Å². The van der Waals surface area contributed by atoms with Crippen LogP contribution in [0.5, 0.6) is 5.75 Å². The number of rotatable bonds is 6. The van der Waals surface area contributed by atoms with Crippen molar-refractivity contribution in [3.05, 3.63) is 92.9 Å². The van der Waals surface area contributed by atoms with Crippen molar-refractivity contribution in [3.63, 3.8) is 0 Å². The van der Waals surface area contributed by atoms with Crippen LogP contribution in [-0.2, 0) is 12.3 Å². The first-order valence-electron chi connectivity index (χ1n) is 8.99. The van der Waals surface area contributed by atoms with Gasteiger partial charge < -0.3 is 4.74 Å². The number of hydrogen-bond acceptors (Lipinski definition) is 5. The minimum Gasteiger partial charge on any atom is -0.496 e. The molecule has 2 heterocycles. The summed E-state index contributed by atoms with van der Waals surface area (Å²) in [5.41, 5.74) is 2.61. The molecule has 0 saturated carbocycles. The molecule has 0 radical (unpaired) electrons.